The first-order valence-electron chi connectivity index (χ1n) is 11.0. The number of hydrogen-bond donors (Lipinski definition) is 2. The molecule has 29 heavy (non-hydrogen) atoms. The number of fused-ring (bicyclic) bond motifs is 1. The van der Waals surface area contributed by atoms with Crippen molar-refractivity contribution in [1.29, 1.82) is 0 Å². The number of nitrogens with two attached hydrogens (primary N) is 1. The van der Waals surface area contributed by atoms with E-state index < -0.39 is 0 Å². The Kier molecular flexibility index (Phi) is 5.54. The lowest BCUT2D eigenvalue weighted by Crippen LogP contribution is -2.53. The van der Waals surface area contributed by atoms with E-state index in [0.29, 0.717) is 13.0 Å². The molecule has 5 aliphatic rings. The molecule has 1 aromatic carbocycles. The third kappa shape index (κ3) is 3.63. The first kappa shape index (κ1) is 20.5. The number of amides is 2. The highest BCUT2D eigenvalue weighted by Gasteiger charge is 2.54. The zero-order chi connectivity index (χ0) is 19.3. The summed E-state index contributed by atoms with van der Waals surface area (Å²) in [6, 6.07) is 5.80. The zero-order valence-corrected chi connectivity index (χ0v) is 17.8. The Morgan fingerprint density at radius 3 is 2.41 bits per heavy atom. The molecule has 6 heteroatoms. The van der Waals surface area contributed by atoms with Crippen molar-refractivity contribution in [2.24, 2.45) is 23.2 Å². The van der Waals surface area contributed by atoms with E-state index in [0.717, 1.165) is 73.3 Å². The highest BCUT2D eigenvalue weighted by molar-refractivity contribution is 5.96. The standard InChI is InChI=1S/C23H31N3O2.ClH/c24-19-4-1-5-20-18(19)3-2-8-26(20)21(27)6-7-25-22(28)23-12-15-9-16(13-23)11-17(10-15)14-23;/h1,4-5,15-17H,2-3,6-14,24H2,(H,25,28);1H. The van der Waals surface area contributed by atoms with E-state index in [1.807, 2.05) is 23.1 Å². The number of nitrogens with one attached hydrogen (secondary N) is 1. The van der Waals surface area contributed by atoms with Crippen LogP contribution in [0, 0.1) is 23.2 Å². The average Bonchev–Trinajstić information content (AvgIpc) is 2.66. The van der Waals surface area contributed by atoms with Crippen molar-refractivity contribution in [3.05, 3.63) is 23.8 Å². The van der Waals surface area contributed by atoms with Gasteiger partial charge in [0, 0.05) is 36.3 Å². The molecule has 4 saturated carbocycles. The fourth-order valence-corrected chi connectivity index (χ4v) is 6.90. The number of benzene rings is 1. The second kappa shape index (κ2) is 7.82. The predicted octanol–water partition coefficient (Wildman–Crippen LogP) is 3.69. The minimum Gasteiger partial charge on any atom is -0.398 e. The molecule has 6 rings (SSSR count). The van der Waals surface area contributed by atoms with Crippen LogP contribution in [-0.2, 0) is 16.0 Å². The molecule has 1 aliphatic heterocycles. The summed E-state index contributed by atoms with van der Waals surface area (Å²) in [5.41, 5.74) is 8.76. The van der Waals surface area contributed by atoms with Gasteiger partial charge >= 0.3 is 0 Å². The van der Waals surface area contributed by atoms with Crippen LogP contribution in [-0.4, -0.2) is 24.9 Å². The van der Waals surface area contributed by atoms with Gasteiger partial charge in [-0.15, -0.1) is 12.4 Å². The van der Waals surface area contributed by atoms with E-state index in [2.05, 4.69) is 5.32 Å². The molecule has 0 spiro atoms. The van der Waals surface area contributed by atoms with Crippen molar-refractivity contribution in [3.63, 3.8) is 0 Å². The van der Waals surface area contributed by atoms with Crippen molar-refractivity contribution >= 4 is 35.6 Å². The molecule has 5 nitrogen and oxygen atoms in total. The van der Waals surface area contributed by atoms with Gasteiger partial charge in [-0.3, -0.25) is 9.59 Å². The summed E-state index contributed by atoms with van der Waals surface area (Å²) in [5, 5.41) is 3.13. The second-order valence-electron chi connectivity index (χ2n) is 9.70. The molecule has 4 fully saturated rings. The van der Waals surface area contributed by atoms with Gasteiger partial charge in [0.2, 0.25) is 11.8 Å². The zero-order valence-electron chi connectivity index (χ0n) is 17.0. The lowest BCUT2D eigenvalue weighted by molar-refractivity contribution is -0.146. The maximum Gasteiger partial charge on any atom is 0.228 e. The van der Waals surface area contributed by atoms with E-state index in [9.17, 15) is 9.59 Å². The van der Waals surface area contributed by atoms with Crippen LogP contribution in [0.25, 0.3) is 0 Å². The summed E-state index contributed by atoms with van der Waals surface area (Å²) >= 11 is 0. The minimum atomic E-state index is -0.135. The van der Waals surface area contributed by atoms with Crippen LogP contribution in [0.4, 0.5) is 11.4 Å². The average molecular weight is 418 g/mol. The van der Waals surface area contributed by atoms with Crippen LogP contribution in [0.15, 0.2) is 18.2 Å². The molecule has 3 N–H and O–H groups in total. The predicted molar refractivity (Wildman–Crippen MR) is 117 cm³/mol. The van der Waals surface area contributed by atoms with E-state index in [-0.39, 0.29) is 29.6 Å². The maximum atomic E-state index is 13.0. The van der Waals surface area contributed by atoms with E-state index in [1.54, 1.807) is 0 Å². The molecule has 0 unspecified atom stereocenters. The largest absolute Gasteiger partial charge is 0.398 e. The Labute approximate surface area is 179 Å². The molecule has 0 atom stereocenters. The Bertz CT molecular complexity index is 774. The van der Waals surface area contributed by atoms with Gasteiger partial charge in [-0.25, -0.2) is 0 Å². The number of anilines is 2. The number of rotatable bonds is 4. The van der Waals surface area contributed by atoms with Crippen molar-refractivity contribution < 1.29 is 9.59 Å². The third-order valence-corrected chi connectivity index (χ3v) is 7.73. The fraction of sp³-hybridized carbons (Fsp3) is 0.652. The Morgan fingerprint density at radius 1 is 1.10 bits per heavy atom. The lowest BCUT2D eigenvalue weighted by atomic mass is 9.49. The summed E-state index contributed by atoms with van der Waals surface area (Å²) in [6.45, 7) is 1.17. The van der Waals surface area contributed by atoms with Gasteiger partial charge in [0.05, 0.1) is 0 Å². The smallest absolute Gasteiger partial charge is 0.228 e. The van der Waals surface area contributed by atoms with Crippen molar-refractivity contribution in [3.8, 4) is 0 Å². The van der Waals surface area contributed by atoms with Crippen LogP contribution in [0.3, 0.4) is 0 Å². The summed E-state index contributed by atoms with van der Waals surface area (Å²) < 4.78 is 0. The molecule has 1 aromatic rings. The molecular formula is C23H32ClN3O2. The summed E-state index contributed by atoms with van der Waals surface area (Å²) in [5.74, 6) is 2.57. The molecule has 0 saturated heterocycles. The summed E-state index contributed by atoms with van der Waals surface area (Å²) in [4.78, 5) is 27.7. The molecule has 0 aromatic heterocycles. The molecule has 4 bridgehead atoms. The van der Waals surface area contributed by atoms with Gasteiger partial charge < -0.3 is 16.0 Å². The highest BCUT2D eigenvalue weighted by Crippen LogP contribution is 2.60. The Morgan fingerprint density at radius 2 is 1.76 bits per heavy atom. The number of carbonyl (C=O) groups excluding carboxylic acids is 2. The van der Waals surface area contributed by atoms with Crippen molar-refractivity contribution in [1.82, 2.24) is 5.32 Å². The van der Waals surface area contributed by atoms with E-state index in [4.69, 9.17) is 5.73 Å². The van der Waals surface area contributed by atoms with Crippen molar-refractivity contribution in [2.75, 3.05) is 23.7 Å². The van der Waals surface area contributed by atoms with Crippen LogP contribution in [0.1, 0.15) is 56.9 Å². The van der Waals surface area contributed by atoms with Gasteiger partial charge in [0.15, 0.2) is 0 Å². The van der Waals surface area contributed by atoms with Gasteiger partial charge in [-0.1, -0.05) is 6.07 Å². The van der Waals surface area contributed by atoms with Gasteiger partial charge in [0.1, 0.15) is 0 Å². The molecular weight excluding hydrogens is 386 g/mol. The number of nitrogen functional groups attached to an aromatic ring is 1. The molecule has 2 amide bonds. The van der Waals surface area contributed by atoms with Crippen LogP contribution >= 0.6 is 12.4 Å². The molecule has 0 radical (unpaired) electrons. The normalized spacial score (nSPS) is 31.7. The first-order chi connectivity index (χ1) is 13.5. The number of carbonyl (C=O) groups is 2. The summed E-state index contributed by atoms with van der Waals surface area (Å²) in [7, 11) is 0. The SMILES string of the molecule is Cl.Nc1cccc2c1CCCN2C(=O)CCNC(=O)C12CC3CC(CC(C3)C1)C2. The lowest BCUT2D eigenvalue weighted by Gasteiger charge is -2.55. The number of halogens is 1. The monoisotopic (exact) mass is 417 g/mol. The third-order valence-electron chi connectivity index (χ3n) is 7.73. The van der Waals surface area contributed by atoms with Crippen molar-refractivity contribution in [2.45, 2.75) is 57.8 Å². The highest BCUT2D eigenvalue weighted by atomic mass is 35.5. The van der Waals surface area contributed by atoms with Gasteiger partial charge in [0.25, 0.3) is 0 Å². The molecule has 1 heterocycles. The summed E-state index contributed by atoms with van der Waals surface area (Å²) in [6.07, 6.45) is 9.42. The Hall–Kier alpha value is -1.75. The van der Waals surface area contributed by atoms with Crippen LogP contribution < -0.4 is 16.0 Å². The number of hydrogen-bond acceptors (Lipinski definition) is 3. The molecule has 158 valence electrons. The van der Waals surface area contributed by atoms with Gasteiger partial charge in [-0.05, 0) is 86.8 Å². The molecule has 4 aliphatic carbocycles. The Balaban J connectivity index is 0.00000205. The van der Waals surface area contributed by atoms with Crippen LogP contribution in [0.2, 0.25) is 0 Å². The van der Waals surface area contributed by atoms with E-state index in [1.165, 1.54) is 19.3 Å². The maximum absolute atomic E-state index is 13.0. The topological polar surface area (TPSA) is 75.4 Å². The minimum absolute atomic E-state index is 0. The van der Waals surface area contributed by atoms with E-state index >= 15 is 0 Å². The van der Waals surface area contributed by atoms with Gasteiger partial charge in [-0.2, -0.15) is 0 Å². The first-order valence-corrected chi connectivity index (χ1v) is 11.0. The fourth-order valence-electron chi connectivity index (χ4n) is 6.90. The van der Waals surface area contributed by atoms with Crippen LogP contribution in [0.5, 0.6) is 0 Å². The quantitative estimate of drug-likeness (QED) is 0.733. The number of nitrogens with zero attached hydrogens (tertiary/aromatic N) is 1. The second-order valence-corrected chi connectivity index (χ2v) is 9.70.